The minimum atomic E-state index is 0.411. The van der Waals surface area contributed by atoms with Crippen LogP contribution in [0.4, 0.5) is 5.69 Å². The van der Waals surface area contributed by atoms with Gasteiger partial charge in [-0.05, 0) is 17.7 Å². The molecule has 1 aromatic heterocycles. The summed E-state index contributed by atoms with van der Waals surface area (Å²) in [6, 6.07) is 20.9. The summed E-state index contributed by atoms with van der Waals surface area (Å²) >= 11 is 0. The van der Waals surface area contributed by atoms with Gasteiger partial charge in [-0.2, -0.15) is 5.26 Å². The van der Waals surface area contributed by atoms with Gasteiger partial charge in [0.1, 0.15) is 11.8 Å². The van der Waals surface area contributed by atoms with Crippen molar-refractivity contribution in [1.29, 1.82) is 5.26 Å². The molecule has 5 heteroatoms. The molecule has 24 heavy (non-hydrogen) atoms. The third-order valence-corrected chi connectivity index (χ3v) is 3.65. The van der Waals surface area contributed by atoms with Crippen LogP contribution in [0.2, 0.25) is 0 Å². The van der Waals surface area contributed by atoms with Crippen molar-refractivity contribution in [2.45, 2.75) is 6.54 Å². The Kier molecular flexibility index (Phi) is 4.39. The molecule has 120 valence electrons. The molecule has 0 saturated heterocycles. The quantitative estimate of drug-likeness (QED) is 0.776. The van der Waals surface area contributed by atoms with Crippen molar-refractivity contribution >= 4 is 5.69 Å². The summed E-state index contributed by atoms with van der Waals surface area (Å²) in [7, 11) is 1.58. The van der Waals surface area contributed by atoms with Crippen LogP contribution in [0, 0.1) is 11.3 Å². The van der Waals surface area contributed by atoms with E-state index in [0.29, 0.717) is 35.3 Å². The highest BCUT2D eigenvalue weighted by Crippen LogP contribution is 2.36. The molecule has 0 spiro atoms. The van der Waals surface area contributed by atoms with Gasteiger partial charge in [-0.25, -0.2) is 0 Å². The first-order valence-electron chi connectivity index (χ1n) is 7.47. The number of benzene rings is 2. The van der Waals surface area contributed by atoms with Crippen LogP contribution >= 0.6 is 0 Å². The number of methoxy groups -OCH3 is 1. The molecule has 0 atom stereocenters. The van der Waals surface area contributed by atoms with E-state index in [2.05, 4.69) is 6.07 Å². The second-order valence-electron chi connectivity index (χ2n) is 5.23. The molecular weight excluding hydrogens is 302 g/mol. The average molecular weight is 319 g/mol. The van der Waals surface area contributed by atoms with Crippen LogP contribution in [0.3, 0.4) is 0 Å². The molecule has 0 bridgehead atoms. The van der Waals surface area contributed by atoms with Gasteiger partial charge >= 0.3 is 0 Å². The first-order chi connectivity index (χ1) is 11.7. The van der Waals surface area contributed by atoms with Gasteiger partial charge in [0.05, 0.1) is 19.3 Å². The van der Waals surface area contributed by atoms with E-state index < -0.39 is 0 Å². The maximum absolute atomic E-state index is 9.39. The number of hydrogen-bond donors (Lipinski definition) is 1. The van der Waals surface area contributed by atoms with Gasteiger partial charge in [0.25, 0.3) is 0 Å². The molecule has 0 aliphatic rings. The van der Waals surface area contributed by atoms with Crippen LogP contribution in [0.1, 0.15) is 11.3 Å². The Morgan fingerprint density at radius 1 is 1.04 bits per heavy atom. The zero-order valence-electron chi connectivity index (χ0n) is 13.3. The third kappa shape index (κ3) is 3.03. The molecule has 1 heterocycles. The largest absolute Gasteiger partial charge is 0.493 e. The number of anilines is 1. The number of nitrogens with zero attached hydrogens (tertiary/aromatic N) is 2. The Morgan fingerprint density at radius 2 is 1.71 bits per heavy atom. The molecule has 3 rings (SSSR count). The molecule has 0 saturated carbocycles. The van der Waals surface area contributed by atoms with Crippen LogP contribution in [0.25, 0.3) is 0 Å². The number of nitriles is 1. The van der Waals surface area contributed by atoms with Gasteiger partial charge in [-0.3, -0.25) is 4.57 Å². The van der Waals surface area contributed by atoms with Crippen LogP contribution in [0.5, 0.6) is 17.4 Å². The molecule has 0 fully saturated rings. The summed E-state index contributed by atoms with van der Waals surface area (Å²) in [4.78, 5) is 0. The predicted molar refractivity (Wildman–Crippen MR) is 92.2 cm³/mol. The second-order valence-corrected chi connectivity index (χ2v) is 5.23. The molecule has 3 aromatic rings. The maximum atomic E-state index is 9.39. The smallest absolute Gasteiger partial charge is 0.224 e. The van der Waals surface area contributed by atoms with Crippen molar-refractivity contribution in [3.05, 3.63) is 71.9 Å². The highest BCUT2D eigenvalue weighted by atomic mass is 16.5. The van der Waals surface area contributed by atoms with Crippen molar-refractivity contribution in [2.24, 2.45) is 0 Å². The van der Waals surface area contributed by atoms with Crippen LogP contribution in [-0.2, 0) is 6.54 Å². The lowest BCUT2D eigenvalue weighted by molar-refractivity contribution is 0.368. The van der Waals surface area contributed by atoms with E-state index >= 15 is 0 Å². The second kappa shape index (κ2) is 6.80. The molecule has 0 unspecified atom stereocenters. The molecule has 5 nitrogen and oxygen atoms in total. The summed E-state index contributed by atoms with van der Waals surface area (Å²) in [5, 5.41) is 9.39. The first kappa shape index (κ1) is 15.5. The van der Waals surface area contributed by atoms with E-state index in [1.165, 1.54) is 0 Å². The Bertz CT molecular complexity index is 879. The number of para-hydroxylation sites is 2. The monoisotopic (exact) mass is 319 g/mol. The normalized spacial score (nSPS) is 10.2. The fraction of sp³-hybridized carbons (Fsp3) is 0.105. The van der Waals surface area contributed by atoms with Gasteiger partial charge in [-0.15, -0.1) is 0 Å². The summed E-state index contributed by atoms with van der Waals surface area (Å²) in [5.74, 6) is 1.58. The Balaban J connectivity index is 2.01. The van der Waals surface area contributed by atoms with E-state index in [-0.39, 0.29) is 0 Å². The lowest BCUT2D eigenvalue weighted by atomic mass is 10.2. The standard InChI is InChI=1S/C19H17N3O2/c1-23-17-9-5-6-10-18(17)24-19-16(21)11-15(12-20)22(19)13-14-7-3-2-4-8-14/h2-11H,13,21H2,1H3. The molecular formula is C19H17N3O2. The highest BCUT2D eigenvalue weighted by Gasteiger charge is 2.17. The molecule has 2 N–H and O–H groups in total. The summed E-state index contributed by atoms with van der Waals surface area (Å²) in [5.41, 5.74) is 7.98. The van der Waals surface area contributed by atoms with E-state index in [4.69, 9.17) is 15.2 Å². The zero-order chi connectivity index (χ0) is 16.9. The molecule has 2 aromatic carbocycles. The van der Waals surface area contributed by atoms with Gasteiger partial charge < -0.3 is 15.2 Å². The molecule has 0 radical (unpaired) electrons. The summed E-state index contributed by atoms with van der Waals surface area (Å²) in [6.45, 7) is 0.491. The summed E-state index contributed by atoms with van der Waals surface area (Å²) < 4.78 is 13.0. The fourth-order valence-corrected chi connectivity index (χ4v) is 2.49. The number of nitrogens with two attached hydrogens (primary N) is 1. The van der Waals surface area contributed by atoms with Crippen LogP contribution in [0.15, 0.2) is 60.7 Å². The van der Waals surface area contributed by atoms with Gasteiger partial charge in [0.2, 0.25) is 5.88 Å². The molecule has 0 aliphatic carbocycles. The van der Waals surface area contributed by atoms with Crippen molar-refractivity contribution in [1.82, 2.24) is 4.57 Å². The van der Waals surface area contributed by atoms with Crippen molar-refractivity contribution in [3.8, 4) is 23.4 Å². The maximum Gasteiger partial charge on any atom is 0.224 e. The number of ether oxygens (including phenoxy) is 2. The minimum absolute atomic E-state index is 0.411. The van der Waals surface area contributed by atoms with Crippen molar-refractivity contribution in [3.63, 3.8) is 0 Å². The SMILES string of the molecule is COc1ccccc1Oc1c(N)cc(C#N)n1Cc1ccccc1. The molecule has 0 amide bonds. The topological polar surface area (TPSA) is 73.2 Å². The van der Waals surface area contributed by atoms with Crippen molar-refractivity contribution < 1.29 is 9.47 Å². The van der Waals surface area contributed by atoms with Gasteiger partial charge in [0, 0.05) is 6.07 Å². The highest BCUT2D eigenvalue weighted by molar-refractivity contribution is 5.57. The lowest BCUT2D eigenvalue weighted by Crippen LogP contribution is -2.05. The van der Waals surface area contributed by atoms with Crippen LogP contribution in [-0.4, -0.2) is 11.7 Å². The Hall–Kier alpha value is -3.39. The first-order valence-corrected chi connectivity index (χ1v) is 7.47. The van der Waals surface area contributed by atoms with E-state index in [9.17, 15) is 5.26 Å². The lowest BCUT2D eigenvalue weighted by Gasteiger charge is -2.14. The molecule has 0 aliphatic heterocycles. The van der Waals surface area contributed by atoms with E-state index in [1.807, 2.05) is 42.5 Å². The Morgan fingerprint density at radius 3 is 2.38 bits per heavy atom. The number of hydrogen-bond acceptors (Lipinski definition) is 4. The van der Waals surface area contributed by atoms with Gasteiger partial charge in [0.15, 0.2) is 11.5 Å². The third-order valence-electron chi connectivity index (χ3n) is 3.65. The number of rotatable bonds is 5. The average Bonchev–Trinajstić information content (AvgIpc) is 2.92. The Labute approximate surface area is 140 Å². The van der Waals surface area contributed by atoms with Crippen molar-refractivity contribution in [2.75, 3.05) is 12.8 Å². The predicted octanol–water partition coefficient (Wildman–Crippen LogP) is 3.79. The minimum Gasteiger partial charge on any atom is -0.493 e. The van der Waals surface area contributed by atoms with Crippen LogP contribution < -0.4 is 15.2 Å². The fourth-order valence-electron chi connectivity index (χ4n) is 2.49. The van der Waals surface area contributed by atoms with Gasteiger partial charge in [-0.1, -0.05) is 42.5 Å². The summed E-state index contributed by atoms with van der Waals surface area (Å²) in [6.07, 6.45) is 0. The van der Waals surface area contributed by atoms with E-state index in [0.717, 1.165) is 5.56 Å². The number of nitrogen functional groups attached to an aromatic ring is 1. The zero-order valence-corrected chi connectivity index (χ0v) is 13.3. The number of aromatic nitrogens is 1. The van der Waals surface area contributed by atoms with E-state index in [1.54, 1.807) is 29.9 Å².